The molecular weight excluding hydrogens is 278 g/mol. The van der Waals surface area contributed by atoms with E-state index in [-0.39, 0.29) is 11.6 Å². The van der Waals surface area contributed by atoms with Crippen molar-refractivity contribution in [2.24, 2.45) is 0 Å². The molecule has 4 bridgehead atoms. The lowest BCUT2D eigenvalue weighted by Gasteiger charge is -2.33. The average Bonchev–Trinajstić information content (AvgIpc) is 2.53. The smallest absolute Gasteiger partial charge is 0.252 e. The molecule has 114 valence electrons. The van der Waals surface area contributed by atoms with E-state index in [4.69, 9.17) is 0 Å². The molecule has 2 aromatic heterocycles. The lowest BCUT2D eigenvalue weighted by molar-refractivity contribution is 0.193. The highest BCUT2D eigenvalue weighted by atomic mass is 16.1. The summed E-state index contributed by atoms with van der Waals surface area (Å²) in [5, 5.41) is 4.10. The summed E-state index contributed by atoms with van der Waals surface area (Å²) < 4.78 is 1.86. The van der Waals surface area contributed by atoms with Crippen LogP contribution in [0.4, 0.5) is 5.95 Å². The first kappa shape index (κ1) is 13.5. The van der Waals surface area contributed by atoms with Crippen molar-refractivity contribution in [1.29, 1.82) is 0 Å². The molecule has 22 heavy (non-hydrogen) atoms. The zero-order chi connectivity index (χ0) is 14.9. The van der Waals surface area contributed by atoms with Gasteiger partial charge in [-0.25, -0.2) is 4.98 Å². The van der Waals surface area contributed by atoms with Gasteiger partial charge in [-0.1, -0.05) is 12.2 Å². The Balaban J connectivity index is 1.91. The SMILES string of the molecule is O=c1ccc2cnc3nc2n1C1CCCN(CC=CCN3)C1. The van der Waals surface area contributed by atoms with E-state index in [1.165, 1.54) is 0 Å². The molecule has 2 aliphatic heterocycles. The number of nitrogens with zero attached hydrogens (tertiary/aromatic N) is 4. The monoisotopic (exact) mass is 297 g/mol. The molecule has 1 fully saturated rings. The van der Waals surface area contributed by atoms with Crippen molar-refractivity contribution in [2.45, 2.75) is 18.9 Å². The average molecular weight is 297 g/mol. The summed E-state index contributed by atoms with van der Waals surface area (Å²) in [5.74, 6) is 0.574. The summed E-state index contributed by atoms with van der Waals surface area (Å²) in [7, 11) is 0. The van der Waals surface area contributed by atoms with Crippen LogP contribution in [0.2, 0.25) is 0 Å². The predicted octanol–water partition coefficient (Wildman–Crippen LogP) is 1.41. The Morgan fingerprint density at radius 3 is 3.18 bits per heavy atom. The number of aromatic nitrogens is 3. The maximum Gasteiger partial charge on any atom is 0.252 e. The van der Waals surface area contributed by atoms with Crippen LogP contribution in [0.15, 0.2) is 35.3 Å². The third kappa shape index (κ3) is 2.39. The van der Waals surface area contributed by atoms with Gasteiger partial charge < -0.3 is 5.32 Å². The number of nitrogens with one attached hydrogen (secondary N) is 1. The number of rotatable bonds is 0. The largest absolute Gasteiger partial charge is 0.351 e. The molecule has 2 aromatic rings. The van der Waals surface area contributed by atoms with Gasteiger partial charge in [0.1, 0.15) is 5.65 Å². The first-order valence-corrected chi connectivity index (χ1v) is 7.81. The lowest BCUT2D eigenvalue weighted by atomic mass is 10.0. The van der Waals surface area contributed by atoms with E-state index >= 15 is 0 Å². The van der Waals surface area contributed by atoms with Gasteiger partial charge in [-0.3, -0.25) is 14.3 Å². The molecule has 4 rings (SSSR count). The van der Waals surface area contributed by atoms with E-state index in [9.17, 15) is 4.79 Å². The van der Waals surface area contributed by atoms with Crippen LogP contribution >= 0.6 is 0 Å². The second kappa shape index (κ2) is 5.53. The Morgan fingerprint density at radius 1 is 1.27 bits per heavy atom. The zero-order valence-corrected chi connectivity index (χ0v) is 12.4. The Labute approximate surface area is 128 Å². The molecule has 0 spiro atoms. The van der Waals surface area contributed by atoms with Crippen LogP contribution in [0.5, 0.6) is 0 Å². The predicted molar refractivity (Wildman–Crippen MR) is 86.1 cm³/mol. The van der Waals surface area contributed by atoms with Crippen molar-refractivity contribution in [3.63, 3.8) is 0 Å². The lowest BCUT2D eigenvalue weighted by Crippen LogP contribution is -2.40. The first-order valence-electron chi connectivity index (χ1n) is 7.81. The molecule has 2 unspecified atom stereocenters. The van der Waals surface area contributed by atoms with Gasteiger partial charge in [-0.05, 0) is 25.5 Å². The van der Waals surface area contributed by atoms with Crippen LogP contribution in [-0.4, -0.2) is 45.6 Å². The van der Waals surface area contributed by atoms with Crippen LogP contribution in [0.1, 0.15) is 18.9 Å². The molecule has 0 amide bonds. The van der Waals surface area contributed by atoms with Gasteiger partial charge in [0, 0.05) is 37.3 Å². The van der Waals surface area contributed by atoms with Gasteiger partial charge in [-0.15, -0.1) is 0 Å². The minimum atomic E-state index is 0.0246. The first-order chi connectivity index (χ1) is 10.8. The molecule has 0 saturated carbocycles. The molecule has 2 atom stereocenters. The summed E-state index contributed by atoms with van der Waals surface area (Å²) in [6.45, 7) is 3.61. The number of anilines is 1. The minimum Gasteiger partial charge on any atom is -0.351 e. The molecule has 1 saturated heterocycles. The van der Waals surface area contributed by atoms with Crippen molar-refractivity contribution >= 4 is 17.0 Å². The fraction of sp³-hybridized carbons (Fsp3) is 0.438. The highest BCUT2D eigenvalue weighted by molar-refractivity contribution is 5.75. The molecule has 6 nitrogen and oxygen atoms in total. The Hall–Kier alpha value is -2.21. The van der Waals surface area contributed by atoms with Gasteiger partial charge in [0.2, 0.25) is 5.95 Å². The van der Waals surface area contributed by atoms with Gasteiger partial charge >= 0.3 is 0 Å². The van der Waals surface area contributed by atoms with Gasteiger partial charge in [-0.2, -0.15) is 4.98 Å². The minimum absolute atomic E-state index is 0.0246. The maximum absolute atomic E-state index is 12.5. The molecule has 0 aromatic carbocycles. The highest BCUT2D eigenvalue weighted by Gasteiger charge is 2.23. The van der Waals surface area contributed by atoms with Gasteiger partial charge in [0.05, 0.1) is 6.04 Å². The topological polar surface area (TPSA) is 63.1 Å². The van der Waals surface area contributed by atoms with E-state index in [2.05, 4.69) is 32.3 Å². The van der Waals surface area contributed by atoms with Crippen LogP contribution in [0.3, 0.4) is 0 Å². The fourth-order valence-corrected chi connectivity index (χ4v) is 3.34. The summed E-state index contributed by atoms with van der Waals surface area (Å²) >= 11 is 0. The fourth-order valence-electron chi connectivity index (χ4n) is 3.34. The molecule has 0 radical (unpaired) electrons. The molecule has 4 heterocycles. The molecule has 2 aliphatic rings. The second-order valence-electron chi connectivity index (χ2n) is 5.92. The van der Waals surface area contributed by atoms with Crippen molar-refractivity contribution < 1.29 is 0 Å². The maximum atomic E-state index is 12.5. The quantitative estimate of drug-likeness (QED) is 0.745. The van der Waals surface area contributed by atoms with Crippen molar-refractivity contribution in [3.8, 4) is 0 Å². The van der Waals surface area contributed by atoms with Gasteiger partial charge in [0.15, 0.2) is 0 Å². The number of fused-ring (bicyclic) bond motifs is 4. The van der Waals surface area contributed by atoms with Crippen LogP contribution in [-0.2, 0) is 0 Å². The second-order valence-corrected chi connectivity index (χ2v) is 5.92. The molecule has 6 heteroatoms. The number of hydrogen-bond donors (Lipinski definition) is 1. The third-order valence-electron chi connectivity index (χ3n) is 4.42. The van der Waals surface area contributed by atoms with Crippen molar-refractivity contribution in [1.82, 2.24) is 19.4 Å². The Kier molecular flexibility index (Phi) is 3.38. The van der Waals surface area contributed by atoms with E-state index < -0.39 is 0 Å². The molecular formula is C16H19N5O. The van der Waals surface area contributed by atoms with E-state index in [1.807, 2.05) is 10.6 Å². The summed E-state index contributed by atoms with van der Waals surface area (Å²) in [5.41, 5.74) is 0.762. The van der Waals surface area contributed by atoms with Gasteiger partial charge in [0.25, 0.3) is 5.56 Å². The zero-order valence-electron chi connectivity index (χ0n) is 12.4. The summed E-state index contributed by atoms with van der Waals surface area (Å²) in [6, 6.07) is 3.62. The van der Waals surface area contributed by atoms with E-state index in [0.717, 1.165) is 43.5 Å². The third-order valence-corrected chi connectivity index (χ3v) is 4.42. The Morgan fingerprint density at radius 2 is 2.23 bits per heavy atom. The normalized spacial score (nSPS) is 24.5. The standard InChI is InChI=1S/C16H19N5O/c22-14-6-5-12-10-18-16-17-7-1-2-8-20-9-3-4-13(11-20)21(14)15(12)19-16/h1-2,5-6,10,13H,3-4,7-9,11H2,(H,17,18,19). The van der Waals surface area contributed by atoms with E-state index in [0.29, 0.717) is 12.5 Å². The van der Waals surface area contributed by atoms with Crippen molar-refractivity contribution in [2.75, 3.05) is 31.5 Å². The molecule has 1 N–H and O–H groups in total. The van der Waals surface area contributed by atoms with Crippen LogP contribution < -0.4 is 10.9 Å². The van der Waals surface area contributed by atoms with E-state index in [1.54, 1.807) is 12.3 Å². The summed E-state index contributed by atoms with van der Waals surface area (Å²) in [4.78, 5) is 23.8. The van der Waals surface area contributed by atoms with Crippen molar-refractivity contribution in [3.05, 3.63) is 40.8 Å². The number of hydrogen-bond acceptors (Lipinski definition) is 5. The highest BCUT2D eigenvalue weighted by Crippen LogP contribution is 2.23. The van der Waals surface area contributed by atoms with Crippen LogP contribution in [0.25, 0.3) is 11.0 Å². The summed E-state index contributed by atoms with van der Waals surface area (Å²) in [6.07, 6.45) is 8.20. The number of piperidine rings is 1. The Bertz CT molecular complexity index is 782. The molecule has 0 aliphatic carbocycles. The van der Waals surface area contributed by atoms with Crippen LogP contribution in [0, 0.1) is 0 Å². The number of pyridine rings is 1.